The fraction of sp³-hybridized carbons (Fsp3) is 0.273. The minimum Gasteiger partial charge on any atom is -0.364 e. The smallest absolute Gasteiger partial charge is 0.267 e. The minimum atomic E-state index is -0.419. The zero-order valence-corrected chi connectivity index (χ0v) is 8.60. The second-order valence-corrected chi connectivity index (χ2v) is 3.45. The van der Waals surface area contributed by atoms with E-state index in [1.165, 1.54) is 0 Å². The number of aryl methyl sites for hydroxylation is 1. The van der Waals surface area contributed by atoms with Crippen LogP contribution < -0.4 is 5.73 Å². The molecular formula is C11H13N3O. The van der Waals surface area contributed by atoms with Crippen molar-refractivity contribution in [2.75, 3.05) is 0 Å². The number of carbonyl (C=O) groups excluding carboxylic acids is 1. The van der Waals surface area contributed by atoms with E-state index in [-0.39, 0.29) is 0 Å². The predicted molar refractivity (Wildman–Crippen MR) is 57.7 cm³/mol. The van der Waals surface area contributed by atoms with E-state index in [1.54, 1.807) is 4.40 Å². The zero-order chi connectivity index (χ0) is 10.8. The maximum absolute atomic E-state index is 11.3. The first-order valence-corrected chi connectivity index (χ1v) is 4.99. The number of nitrogens with zero attached hydrogens (tertiary/aromatic N) is 2. The van der Waals surface area contributed by atoms with Gasteiger partial charge in [0.25, 0.3) is 5.91 Å². The average Bonchev–Trinajstić information content (AvgIpc) is 2.56. The molecule has 0 saturated heterocycles. The molecule has 0 spiro atoms. The Bertz CT molecular complexity index is 502. The highest BCUT2D eigenvalue weighted by Gasteiger charge is 2.15. The molecule has 0 saturated carbocycles. The molecule has 2 heterocycles. The monoisotopic (exact) mass is 203 g/mol. The summed E-state index contributed by atoms with van der Waals surface area (Å²) in [6, 6.07) is 5.62. The van der Waals surface area contributed by atoms with Crippen molar-refractivity contribution in [3.05, 3.63) is 35.8 Å². The summed E-state index contributed by atoms with van der Waals surface area (Å²) >= 11 is 0. The molecule has 2 aromatic heterocycles. The summed E-state index contributed by atoms with van der Waals surface area (Å²) in [6.45, 7) is 2.05. The van der Waals surface area contributed by atoms with Crippen molar-refractivity contribution in [1.82, 2.24) is 9.38 Å². The molecule has 0 aromatic carbocycles. The summed E-state index contributed by atoms with van der Waals surface area (Å²) in [5.74, 6) is -0.419. The van der Waals surface area contributed by atoms with Gasteiger partial charge in [-0.2, -0.15) is 0 Å². The molecule has 2 N–H and O–H groups in total. The molecule has 0 atom stereocenters. The molecule has 0 fully saturated rings. The molecule has 0 aliphatic carbocycles. The quantitative estimate of drug-likeness (QED) is 0.819. The second kappa shape index (κ2) is 3.73. The molecule has 1 amide bonds. The Morgan fingerprint density at radius 1 is 1.53 bits per heavy atom. The highest BCUT2D eigenvalue weighted by atomic mass is 16.1. The number of hydrogen-bond acceptors (Lipinski definition) is 2. The molecule has 0 aliphatic rings. The van der Waals surface area contributed by atoms with Crippen LogP contribution in [-0.2, 0) is 6.42 Å². The van der Waals surface area contributed by atoms with Gasteiger partial charge in [-0.05, 0) is 18.6 Å². The van der Waals surface area contributed by atoms with E-state index in [0.717, 1.165) is 24.2 Å². The highest BCUT2D eigenvalue weighted by molar-refractivity contribution is 5.93. The van der Waals surface area contributed by atoms with Crippen LogP contribution in [0.15, 0.2) is 24.4 Å². The van der Waals surface area contributed by atoms with E-state index < -0.39 is 5.91 Å². The Hall–Kier alpha value is -1.84. The zero-order valence-electron chi connectivity index (χ0n) is 8.60. The number of imidazole rings is 1. The average molecular weight is 203 g/mol. The second-order valence-electron chi connectivity index (χ2n) is 3.45. The van der Waals surface area contributed by atoms with Crippen molar-refractivity contribution in [2.24, 2.45) is 5.73 Å². The lowest BCUT2D eigenvalue weighted by atomic mass is 10.2. The molecular weight excluding hydrogens is 190 g/mol. The van der Waals surface area contributed by atoms with E-state index in [4.69, 9.17) is 5.73 Å². The van der Waals surface area contributed by atoms with Crippen LogP contribution in [0.1, 0.15) is 29.5 Å². The summed E-state index contributed by atoms with van der Waals surface area (Å²) < 4.78 is 1.74. The Balaban J connectivity index is 2.69. The first-order valence-electron chi connectivity index (χ1n) is 4.99. The fourth-order valence-corrected chi connectivity index (χ4v) is 1.72. The topological polar surface area (TPSA) is 60.4 Å². The Kier molecular flexibility index (Phi) is 2.41. The van der Waals surface area contributed by atoms with Gasteiger partial charge in [0.1, 0.15) is 11.3 Å². The molecule has 2 aromatic rings. The number of primary amides is 1. The van der Waals surface area contributed by atoms with Crippen molar-refractivity contribution in [3.8, 4) is 0 Å². The van der Waals surface area contributed by atoms with Crippen molar-refractivity contribution in [2.45, 2.75) is 19.8 Å². The number of amides is 1. The Morgan fingerprint density at radius 2 is 2.33 bits per heavy atom. The van der Waals surface area contributed by atoms with Gasteiger partial charge in [-0.3, -0.25) is 9.20 Å². The minimum absolute atomic E-state index is 0.419. The summed E-state index contributed by atoms with van der Waals surface area (Å²) in [5, 5.41) is 0. The van der Waals surface area contributed by atoms with E-state index in [2.05, 4.69) is 11.9 Å². The lowest BCUT2D eigenvalue weighted by Crippen LogP contribution is -2.15. The van der Waals surface area contributed by atoms with Gasteiger partial charge in [0.2, 0.25) is 0 Å². The number of fused-ring (bicyclic) bond motifs is 1. The van der Waals surface area contributed by atoms with Crippen LogP contribution in [0.3, 0.4) is 0 Å². The fourth-order valence-electron chi connectivity index (χ4n) is 1.72. The number of rotatable bonds is 3. The third-order valence-electron chi connectivity index (χ3n) is 2.32. The van der Waals surface area contributed by atoms with Crippen LogP contribution >= 0.6 is 0 Å². The molecule has 4 heteroatoms. The molecule has 4 nitrogen and oxygen atoms in total. The van der Waals surface area contributed by atoms with Gasteiger partial charge in [-0.1, -0.05) is 19.4 Å². The molecule has 78 valence electrons. The molecule has 0 aliphatic heterocycles. The standard InChI is InChI=1S/C11H13N3O/c1-2-5-8-10(11(12)15)14-7-4-3-6-9(14)13-8/h3-4,6-7H,2,5H2,1H3,(H2,12,15). The molecule has 15 heavy (non-hydrogen) atoms. The van der Waals surface area contributed by atoms with Gasteiger partial charge in [-0.15, -0.1) is 0 Å². The van der Waals surface area contributed by atoms with Gasteiger partial charge in [0.15, 0.2) is 0 Å². The number of aromatic nitrogens is 2. The first kappa shape index (κ1) is 9.71. The molecule has 0 unspecified atom stereocenters. The van der Waals surface area contributed by atoms with Gasteiger partial charge in [0, 0.05) is 6.20 Å². The lowest BCUT2D eigenvalue weighted by Gasteiger charge is -1.98. The van der Waals surface area contributed by atoms with Crippen LogP contribution in [0.25, 0.3) is 5.65 Å². The van der Waals surface area contributed by atoms with Crippen molar-refractivity contribution < 1.29 is 4.79 Å². The first-order chi connectivity index (χ1) is 7.24. The van der Waals surface area contributed by atoms with E-state index in [1.807, 2.05) is 24.4 Å². The third-order valence-corrected chi connectivity index (χ3v) is 2.32. The molecule has 0 bridgehead atoms. The largest absolute Gasteiger partial charge is 0.364 e. The summed E-state index contributed by atoms with van der Waals surface area (Å²) in [4.78, 5) is 15.7. The van der Waals surface area contributed by atoms with E-state index >= 15 is 0 Å². The predicted octanol–water partition coefficient (Wildman–Crippen LogP) is 1.39. The lowest BCUT2D eigenvalue weighted by molar-refractivity contribution is 0.0993. The van der Waals surface area contributed by atoms with Gasteiger partial charge >= 0.3 is 0 Å². The summed E-state index contributed by atoms with van der Waals surface area (Å²) in [7, 11) is 0. The summed E-state index contributed by atoms with van der Waals surface area (Å²) in [6.07, 6.45) is 3.53. The van der Waals surface area contributed by atoms with Gasteiger partial charge < -0.3 is 5.73 Å². The Morgan fingerprint density at radius 3 is 3.00 bits per heavy atom. The van der Waals surface area contributed by atoms with Gasteiger partial charge in [0.05, 0.1) is 5.69 Å². The number of pyridine rings is 1. The summed E-state index contributed by atoms with van der Waals surface area (Å²) in [5.41, 5.74) is 7.42. The van der Waals surface area contributed by atoms with Crippen LogP contribution in [0.4, 0.5) is 0 Å². The number of carbonyl (C=O) groups is 1. The molecule has 0 radical (unpaired) electrons. The highest BCUT2D eigenvalue weighted by Crippen LogP contribution is 2.13. The van der Waals surface area contributed by atoms with Crippen molar-refractivity contribution >= 4 is 11.6 Å². The normalized spacial score (nSPS) is 10.7. The van der Waals surface area contributed by atoms with Crippen LogP contribution in [0.2, 0.25) is 0 Å². The Labute approximate surface area is 87.7 Å². The van der Waals surface area contributed by atoms with Crippen molar-refractivity contribution in [3.63, 3.8) is 0 Å². The van der Waals surface area contributed by atoms with E-state index in [9.17, 15) is 4.79 Å². The third kappa shape index (κ3) is 1.58. The van der Waals surface area contributed by atoms with E-state index in [0.29, 0.717) is 5.69 Å². The number of nitrogens with two attached hydrogens (primary N) is 1. The molecule has 2 rings (SSSR count). The SMILES string of the molecule is CCCc1nc2ccccn2c1C(N)=O. The van der Waals surface area contributed by atoms with Crippen LogP contribution in [0, 0.1) is 0 Å². The maximum Gasteiger partial charge on any atom is 0.267 e. The number of hydrogen-bond donors (Lipinski definition) is 1. The maximum atomic E-state index is 11.3. The van der Waals surface area contributed by atoms with Crippen molar-refractivity contribution in [1.29, 1.82) is 0 Å². The van der Waals surface area contributed by atoms with Crippen LogP contribution in [-0.4, -0.2) is 15.3 Å². The van der Waals surface area contributed by atoms with Gasteiger partial charge in [-0.25, -0.2) is 4.98 Å². The van der Waals surface area contributed by atoms with Crippen LogP contribution in [0.5, 0.6) is 0 Å².